The van der Waals surface area contributed by atoms with Crippen LogP contribution in [-0.4, -0.2) is 47.5 Å². The third kappa shape index (κ3) is 2.54. The minimum atomic E-state index is -0.157. The largest absolute Gasteiger partial charge is 0.329 e. The zero-order chi connectivity index (χ0) is 12.4. The van der Waals surface area contributed by atoms with Crippen molar-refractivity contribution in [2.24, 2.45) is 11.5 Å². The second kappa shape index (κ2) is 5.23. The molecule has 0 radical (unpaired) electrons. The van der Waals surface area contributed by atoms with Crippen molar-refractivity contribution in [2.75, 3.05) is 26.2 Å². The fourth-order valence-electron chi connectivity index (χ4n) is 2.57. The smallest absolute Gasteiger partial charge is 0.0743 e. The highest BCUT2D eigenvalue weighted by molar-refractivity contribution is 7.81. The molecule has 96 valence electrons. The van der Waals surface area contributed by atoms with Crippen molar-refractivity contribution >= 4 is 12.6 Å². The fourth-order valence-corrected chi connectivity index (χ4v) is 3.01. The van der Waals surface area contributed by atoms with Gasteiger partial charge in [0, 0.05) is 37.8 Å². The zero-order valence-corrected chi connectivity index (χ0v) is 11.6. The van der Waals surface area contributed by atoms with Crippen LogP contribution in [0.2, 0.25) is 0 Å². The summed E-state index contributed by atoms with van der Waals surface area (Å²) in [6, 6.07) is -0.0120. The van der Waals surface area contributed by atoms with Gasteiger partial charge in [-0.05, 0) is 20.3 Å². The molecule has 1 rings (SSSR count). The molecule has 16 heavy (non-hydrogen) atoms. The molecule has 3 unspecified atom stereocenters. The molecular weight excluding hydrogens is 220 g/mol. The number of nitrogens with zero attached hydrogens (tertiary/aromatic N) is 1. The van der Waals surface area contributed by atoms with E-state index in [1.165, 1.54) is 0 Å². The van der Waals surface area contributed by atoms with E-state index in [4.69, 9.17) is 24.1 Å². The molecule has 4 nitrogen and oxygen atoms in total. The van der Waals surface area contributed by atoms with Crippen LogP contribution in [-0.2, 0) is 0 Å². The average Bonchev–Trinajstić information content (AvgIpc) is 2.26. The molecule has 0 aromatic rings. The summed E-state index contributed by atoms with van der Waals surface area (Å²) in [4.78, 5) is 2.24. The first-order valence-corrected chi connectivity index (χ1v) is 6.49. The summed E-state index contributed by atoms with van der Waals surface area (Å²) in [6.45, 7) is 9.85. The number of hydrogen-bond donors (Lipinski definition) is 4. The van der Waals surface area contributed by atoms with E-state index in [2.05, 4.69) is 31.0 Å². The van der Waals surface area contributed by atoms with Crippen molar-refractivity contribution in [3.63, 3.8) is 0 Å². The molecule has 3 atom stereocenters. The lowest BCUT2D eigenvalue weighted by Gasteiger charge is -2.54. The van der Waals surface area contributed by atoms with E-state index in [1.54, 1.807) is 0 Å². The lowest BCUT2D eigenvalue weighted by molar-refractivity contribution is 0.00968. The van der Waals surface area contributed by atoms with Crippen LogP contribution >= 0.6 is 12.6 Å². The number of nitrogens with two attached hydrogens (primary N) is 2. The summed E-state index contributed by atoms with van der Waals surface area (Å²) >= 11 is 4.76. The highest BCUT2D eigenvalue weighted by Crippen LogP contribution is 2.33. The maximum Gasteiger partial charge on any atom is 0.0743 e. The van der Waals surface area contributed by atoms with Crippen molar-refractivity contribution < 1.29 is 0 Å². The molecule has 5 heteroatoms. The second-order valence-electron chi connectivity index (χ2n) is 5.10. The number of rotatable bonds is 4. The SMILES string of the molecule is CCC(C)(C(N)CN)N1CCNCC1(C)S. The Kier molecular flexibility index (Phi) is 4.66. The first-order chi connectivity index (χ1) is 7.38. The van der Waals surface area contributed by atoms with Crippen molar-refractivity contribution in [3.05, 3.63) is 0 Å². The Balaban J connectivity index is 2.93. The molecule has 0 saturated carbocycles. The Morgan fingerprint density at radius 2 is 2.25 bits per heavy atom. The highest BCUT2D eigenvalue weighted by atomic mass is 32.1. The van der Waals surface area contributed by atoms with Crippen LogP contribution in [0, 0.1) is 0 Å². The molecule has 0 aromatic carbocycles. The predicted octanol–water partition coefficient (Wildman–Crippen LogP) is -0.00770. The third-order valence-electron chi connectivity index (χ3n) is 3.94. The number of piperazine rings is 1. The summed E-state index contributed by atoms with van der Waals surface area (Å²) in [6.07, 6.45) is 0.988. The van der Waals surface area contributed by atoms with Crippen LogP contribution in [0.1, 0.15) is 27.2 Å². The molecule has 0 bridgehead atoms. The third-order valence-corrected chi connectivity index (χ3v) is 4.34. The predicted molar refractivity (Wildman–Crippen MR) is 72.7 cm³/mol. The van der Waals surface area contributed by atoms with Gasteiger partial charge in [-0.1, -0.05) is 6.92 Å². The van der Waals surface area contributed by atoms with Gasteiger partial charge >= 0.3 is 0 Å². The number of nitrogens with one attached hydrogen (secondary N) is 1. The van der Waals surface area contributed by atoms with Crippen molar-refractivity contribution in [3.8, 4) is 0 Å². The van der Waals surface area contributed by atoms with E-state index in [9.17, 15) is 0 Å². The highest BCUT2D eigenvalue weighted by Gasteiger charge is 2.44. The van der Waals surface area contributed by atoms with Crippen LogP contribution in [0.15, 0.2) is 0 Å². The standard InChI is InChI=1S/C11H26N4S/c1-4-10(2,9(13)7-12)15-6-5-14-8-11(15,3)16/h9,14,16H,4-8,12-13H2,1-3H3. The van der Waals surface area contributed by atoms with Gasteiger partial charge in [0.05, 0.1) is 4.87 Å². The van der Waals surface area contributed by atoms with Crippen molar-refractivity contribution in [2.45, 2.75) is 43.6 Å². The summed E-state index contributed by atoms with van der Waals surface area (Å²) < 4.78 is 0. The Morgan fingerprint density at radius 1 is 1.62 bits per heavy atom. The minimum Gasteiger partial charge on any atom is -0.329 e. The lowest BCUT2D eigenvalue weighted by Crippen LogP contribution is -2.70. The normalized spacial score (nSPS) is 33.4. The molecule has 5 N–H and O–H groups in total. The molecule has 1 aliphatic heterocycles. The van der Waals surface area contributed by atoms with Crippen LogP contribution in [0.4, 0.5) is 0 Å². The summed E-state index contributed by atoms with van der Waals surface area (Å²) in [5.41, 5.74) is 11.9. The average molecular weight is 246 g/mol. The van der Waals surface area contributed by atoms with Gasteiger partial charge in [-0.2, -0.15) is 12.6 Å². The van der Waals surface area contributed by atoms with Gasteiger partial charge in [-0.3, -0.25) is 4.90 Å². The van der Waals surface area contributed by atoms with Crippen LogP contribution < -0.4 is 16.8 Å². The Hall–Kier alpha value is 0.190. The van der Waals surface area contributed by atoms with E-state index in [0.717, 1.165) is 26.1 Å². The van der Waals surface area contributed by atoms with E-state index in [-0.39, 0.29) is 16.5 Å². The van der Waals surface area contributed by atoms with E-state index < -0.39 is 0 Å². The zero-order valence-electron chi connectivity index (χ0n) is 10.7. The molecule has 1 saturated heterocycles. The number of thiol groups is 1. The Morgan fingerprint density at radius 3 is 2.69 bits per heavy atom. The fraction of sp³-hybridized carbons (Fsp3) is 1.00. The Labute approximate surface area is 105 Å². The van der Waals surface area contributed by atoms with Gasteiger partial charge in [0.15, 0.2) is 0 Å². The monoisotopic (exact) mass is 246 g/mol. The first kappa shape index (κ1) is 14.3. The molecule has 0 aromatic heterocycles. The van der Waals surface area contributed by atoms with E-state index >= 15 is 0 Å². The minimum absolute atomic E-state index is 0.0120. The maximum atomic E-state index is 6.19. The van der Waals surface area contributed by atoms with Crippen molar-refractivity contribution in [1.82, 2.24) is 10.2 Å². The number of hydrogen-bond acceptors (Lipinski definition) is 5. The molecule has 1 aliphatic rings. The lowest BCUT2D eigenvalue weighted by atomic mass is 9.85. The van der Waals surface area contributed by atoms with Gasteiger partial charge in [0.25, 0.3) is 0 Å². The Bertz CT molecular complexity index is 234. The van der Waals surface area contributed by atoms with Crippen LogP contribution in [0.5, 0.6) is 0 Å². The molecule has 1 fully saturated rings. The van der Waals surface area contributed by atoms with Gasteiger partial charge in [-0.15, -0.1) is 0 Å². The van der Waals surface area contributed by atoms with Crippen LogP contribution in [0.3, 0.4) is 0 Å². The molecule has 1 heterocycles. The van der Waals surface area contributed by atoms with Gasteiger partial charge in [0.2, 0.25) is 0 Å². The molecule has 0 amide bonds. The summed E-state index contributed by atoms with van der Waals surface area (Å²) in [5, 5.41) is 3.37. The second-order valence-corrected chi connectivity index (χ2v) is 6.06. The van der Waals surface area contributed by atoms with E-state index in [0.29, 0.717) is 6.54 Å². The molecule has 0 aliphatic carbocycles. The van der Waals surface area contributed by atoms with Gasteiger partial charge < -0.3 is 16.8 Å². The van der Waals surface area contributed by atoms with Gasteiger partial charge in [-0.25, -0.2) is 0 Å². The quantitative estimate of drug-likeness (QED) is 0.527. The molecular formula is C11H26N4S. The van der Waals surface area contributed by atoms with Crippen molar-refractivity contribution in [1.29, 1.82) is 0 Å². The molecule has 0 spiro atoms. The van der Waals surface area contributed by atoms with Crippen LogP contribution in [0.25, 0.3) is 0 Å². The summed E-state index contributed by atoms with van der Waals surface area (Å²) in [7, 11) is 0. The van der Waals surface area contributed by atoms with E-state index in [1.807, 2.05) is 0 Å². The maximum absolute atomic E-state index is 6.19. The summed E-state index contributed by atoms with van der Waals surface area (Å²) in [5.74, 6) is 0. The first-order valence-electron chi connectivity index (χ1n) is 6.05. The topological polar surface area (TPSA) is 67.3 Å². The van der Waals surface area contributed by atoms with Gasteiger partial charge in [0.1, 0.15) is 0 Å².